The maximum atomic E-state index is 2.61. The van der Waals surface area contributed by atoms with Crippen LogP contribution in [0.2, 0.25) is 0 Å². The smallest absolute Gasteiger partial charge is 0.0716 e. The number of rotatable bonds is 30. The Labute approximate surface area is 536 Å². The fourth-order valence-corrected chi connectivity index (χ4v) is 36.4. The van der Waals surface area contributed by atoms with Crippen molar-refractivity contribution >= 4 is 188 Å². The zero-order valence-corrected chi connectivity index (χ0v) is 59.9. The fraction of sp³-hybridized carbons (Fsp3) is 0.639. The van der Waals surface area contributed by atoms with Crippen molar-refractivity contribution in [3.63, 3.8) is 0 Å². The second-order valence-electron chi connectivity index (χ2n) is 21.5. The first-order valence-electron chi connectivity index (χ1n) is 29.3. The van der Waals surface area contributed by atoms with Crippen LogP contribution in [0, 0.1) is 47.3 Å². The van der Waals surface area contributed by atoms with Crippen LogP contribution in [0.25, 0.3) is 0 Å². The molecule has 0 radical (unpaired) electrons. The SMILES string of the molecule is CCCCC(CC)CSC1=C(SCC(CC)CCCC)SC(=CC=C2SC3=C(S2)SC(=C2CCC(=C4SC5=C(SC(=CC=C6SC(SCC(CC)CCCC)=C(SCC(CC)CCCC)S6)S5)S4)C4C5C=CC(C5)C24)S3)S1. The van der Waals surface area contributed by atoms with E-state index < -0.39 is 0 Å². The van der Waals surface area contributed by atoms with Gasteiger partial charge in [0, 0.05) is 23.0 Å². The summed E-state index contributed by atoms with van der Waals surface area (Å²) in [5.41, 5.74) is 3.60. The Balaban J connectivity index is 0.796. The molecule has 0 nitrogen and oxygen atoms in total. The summed E-state index contributed by atoms with van der Waals surface area (Å²) in [6.07, 6.45) is 40.3. The molecule has 0 spiro atoms. The van der Waals surface area contributed by atoms with Gasteiger partial charge in [-0.1, -0.05) is 286 Å². The number of fused-ring (bicyclic) bond motifs is 5. The van der Waals surface area contributed by atoms with Crippen LogP contribution in [0.4, 0.5) is 0 Å². The molecule has 9 aliphatic rings. The number of hydrogen-bond donors (Lipinski definition) is 0. The molecule has 424 valence electrons. The summed E-state index contributed by atoms with van der Waals surface area (Å²) in [6, 6.07) is 0. The number of hydrogen-bond acceptors (Lipinski definition) is 16. The van der Waals surface area contributed by atoms with Crippen LogP contribution in [0.3, 0.4) is 0 Å². The first-order chi connectivity index (χ1) is 37.7. The summed E-state index contributed by atoms with van der Waals surface area (Å²) in [6.45, 7) is 19.0. The molecule has 2 bridgehead atoms. The minimum atomic E-state index is 0.682. The van der Waals surface area contributed by atoms with Crippen molar-refractivity contribution < 1.29 is 0 Å². The van der Waals surface area contributed by atoms with Crippen LogP contribution in [0.1, 0.15) is 177 Å². The summed E-state index contributed by atoms with van der Waals surface area (Å²) in [4.78, 5) is 0. The topological polar surface area (TPSA) is 0 Å². The maximum Gasteiger partial charge on any atom is 0.0716 e. The standard InChI is InChI=1S/C61H84S16/c1-9-17-21-38(13-5)34-62-54-55(63-35-39(14-6)22-18-10-2)67-46(66-54)29-31-48-70-58-59(71-48)75-52(74-58)44-27-28-45(51-43-26-25-42(33-43)50(44)51)53-76-60-61(77-53)73-49(72-60)32-30-47-68-56(64-36-40(15-7)23-19-11-3)57(69-47)65-37-41(16-8)24-20-12-4/h25-26,29-32,38-43,50-51H,9-24,27-28,33-37H2,1-8H3. The van der Waals surface area contributed by atoms with E-state index in [1.807, 2.05) is 47.0 Å². The normalized spacial score (nSPS) is 25.5. The molecular weight excluding hydrogens is 1250 g/mol. The van der Waals surface area contributed by atoms with Crippen LogP contribution < -0.4 is 0 Å². The van der Waals surface area contributed by atoms with Crippen LogP contribution >= 0.6 is 188 Å². The predicted octanol–water partition coefficient (Wildman–Crippen LogP) is 27.2. The zero-order valence-electron chi connectivity index (χ0n) is 46.9. The summed E-state index contributed by atoms with van der Waals surface area (Å²) < 4.78 is 21.6. The third kappa shape index (κ3) is 17.5. The van der Waals surface area contributed by atoms with Gasteiger partial charge in [-0.15, -0.1) is 47.0 Å². The van der Waals surface area contributed by atoms with Gasteiger partial charge in [0.1, 0.15) is 0 Å². The number of unbranched alkanes of at least 4 members (excludes halogenated alkanes) is 4. The minimum absolute atomic E-state index is 0.682. The molecule has 2 saturated carbocycles. The summed E-state index contributed by atoms with van der Waals surface area (Å²) in [5.74, 6) is 11.2. The van der Waals surface area contributed by atoms with Crippen molar-refractivity contribution in [2.24, 2.45) is 47.3 Å². The summed E-state index contributed by atoms with van der Waals surface area (Å²) >= 11 is 33.6. The van der Waals surface area contributed by atoms with E-state index in [0.29, 0.717) is 23.7 Å². The van der Waals surface area contributed by atoms with E-state index in [2.05, 4.69) is 233 Å². The molecule has 0 N–H and O–H groups in total. The van der Waals surface area contributed by atoms with Crippen molar-refractivity contribution in [1.29, 1.82) is 0 Å². The van der Waals surface area contributed by atoms with Gasteiger partial charge in [0.25, 0.3) is 0 Å². The van der Waals surface area contributed by atoms with Crippen molar-refractivity contribution in [2.45, 2.75) is 177 Å². The molecular formula is C61H84S16. The third-order valence-electron chi connectivity index (χ3n) is 16.1. The van der Waals surface area contributed by atoms with Gasteiger partial charge in [-0.2, -0.15) is 0 Å². The highest BCUT2D eigenvalue weighted by Crippen LogP contribution is 2.73. The third-order valence-corrected chi connectivity index (χ3v) is 39.2. The Hall–Kier alpha value is 2.74. The molecule has 0 saturated heterocycles. The second-order valence-corrected chi connectivity index (χ2v) is 41.7. The van der Waals surface area contributed by atoms with Gasteiger partial charge in [0.05, 0.1) is 59.3 Å². The molecule has 8 atom stereocenters. The summed E-state index contributed by atoms with van der Waals surface area (Å²) in [5, 5.41) is 0. The molecule has 6 heterocycles. The van der Waals surface area contributed by atoms with Crippen molar-refractivity contribution in [1.82, 2.24) is 0 Å². The molecule has 6 aliphatic heterocycles. The maximum absolute atomic E-state index is 2.61. The quantitative estimate of drug-likeness (QED) is 0.0626. The average molecular weight is 1330 g/mol. The van der Waals surface area contributed by atoms with Crippen molar-refractivity contribution in [3.8, 4) is 0 Å². The van der Waals surface area contributed by atoms with E-state index in [1.165, 1.54) is 162 Å². The molecule has 8 unspecified atom stereocenters. The van der Waals surface area contributed by atoms with Gasteiger partial charge in [-0.3, -0.25) is 0 Å². The van der Waals surface area contributed by atoms with Crippen molar-refractivity contribution in [2.75, 3.05) is 23.0 Å². The lowest BCUT2D eigenvalue weighted by Gasteiger charge is -2.38. The van der Waals surface area contributed by atoms with E-state index in [4.69, 9.17) is 0 Å². The predicted molar refractivity (Wildman–Crippen MR) is 386 cm³/mol. The van der Waals surface area contributed by atoms with E-state index in [9.17, 15) is 0 Å². The molecule has 77 heavy (non-hydrogen) atoms. The molecule has 0 aromatic rings. The Morgan fingerprint density at radius 2 is 0.649 bits per heavy atom. The Bertz CT molecular complexity index is 2150. The molecule has 0 aromatic carbocycles. The van der Waals surface area contributed by atoms with Crippen molar-refractivity contribution in [3.05, 3.63) is 107 Å². The number of thioether (sulfide) groups is 16. The molecule has 16 heteroatoms. The first-order valence-corrected chi connectivity index (χ1v) is 43.1. The lowest BCUT2D eigenvalue weighted by atomic mass is 9.69. The van der Waals surface area contributed by atoms with Gasteiger partial charge in [-0.25, -0.2) is 0 Å². The van der Waals surface area contributed by atoms with E-state index >= 15 is 0 Å². The first kappa shape index (κ1) is 64.2. The zero-order chi connectivity index (χ0) is 53.7. The molecule has 0 aromatic heterocycles. The Morgan fingerprint density at radius 1 is 0.377 bits per heavy atom. The average Bonchev–Trinajstić information content (AvgIpc) is 4.47. The highest BCUT2D eigenvalue weighted by Gasteiger charge is 2.52. The van der Waals surface area contributed by atoms with E-state index in [0.717, 1.165) is 23.7 Å². The Kier molecular flexibility index (Phi) is 27.7. The minimum Gasteiger partial charge on any atom is -0.117 e. The lowest BCUT2D eigenvalue weighted by molar-refractivity contribution is 0.360. The molecule has 3 aliphatic carbocycles. The highest BCUT2D eigenvalue weighted by molar-refractivity contribution is 8.49. The van der Waals surface area contributed by atoms with Crippen LogP contribution in [-0.4, -0.2) is 23.0 Å². The second kappa shape index (κ2) is 33.2. The Morgan fingerprint density at radius 3 is 0.909 bits per heavy atom. The van der Waals surface area contributed by atoms with Gasteiger partial charge in [-0.05, 0) is 128 Å². The largest absolute Gasteiger partial charge is 0.117 e. The highest BCUT2D eigenvalue weighted by atomic mass is 32.3. The number of allylic oxidation sites excluding steroid dienone is 8. The molecule has 2 fully saturated rings. The van der Waals surface area contributed by atoms with E-state index in [-0.39, 0.29) is 0 Å². The van der Waals surface area contributed by atoms with Gasteiger partial charge in [0.15, 0.2) is 0 Å². The van der Waals surface area contributed by atoms with Crippen LogP contribution in [0.15, 0.2) is 107 Å². The monoisotopic (exact) mass is 1330 g/mol. The van der Waals surface area contributed by atoms with Gasteiger partial charge >= 0.3 is 0 Å². The fourth-order valence-electron chi connectivity index (χ4n) is 11.2. The van der Waals surface area contributed by atoms with Crippen LogP contribution in [0.5, 0.6) is 0 Å². The van der Waals surface area contributed by atoms with Gasteiger partial charge in [0.2, 0.25) is 0 Å². The lowest BCUT2D eigenvalue weighted by Crippen LogP contribution is -2.28. The van der Waals surface area contributed by atoms with E-state index in [1.54, 1.807) is 53.5 Å². The molecule has 0 amide bonds. The molecule has 9 rings (SSSR count). The van der Waals surface area contributed by atoms with Gasteiger partial charge < -0.3 is 0 Å². The summed E-state index contributed by atoms with van der Waals surface area (Å²) in [7, 11) is 0. The van der Waals surface area contributed by atoms with Crippen LogP contribution in [-0.2, 0) is 0 Å².